The standard InChI is InChI=1S/C47H34/c1-47(2)43-24-14-13-20-36(43)41-30-34(26-28-44(41)47)45-38-22-11-12-23-39(38)46(37-21-10-9-19-35(37)32-17-7-4-8-18-32)40-27-25-33(29-42(40)45)31-15-5-3-6-16-31/h3-30H,1-2H3. The van der Waals surface area contributed by atoms with Gasteiger partial charge in [-0.2, -0.15) is 0 Å². The summed E-state index contributed by atoms with van der Waals surface area (Å²) < 4.78 is 0. The molecule has 8 aromatic rings. The van der Waals surface area contributed by atoms with Gasteiger partial charge in [0.25, 0.3) is 0 Å². The Bertz CT molecular complexity index is 2460. The molecule has 0 fully saturated rings. The minimum absolute atomic E-state index is 0.0277. The third-order valence-electron chi connectivity index (χ3n) is 10.3. The van der Waals surface area contributed by atoms with Crippen LogP contribution >= 0.6 is 0 Å². The molecule has 8 aromatic carbocycles. The fourth-order valence-corrected chi connectivity index (χ4v) is 8.04. The van der Waals surface area contributed by atoms with Crippen LogP contribution in [0.5, 0.6) is 0 Å². The zero-order valence-electron chi connectivity index (χ0n) is 26.7. The van der Waals surface area contributed by atoms with Gasteiger partial charge in [-0.25, -0.2) is 0 Å². The van der Waals surface area contributed by atoms with Crippen molar-refractivity contribution in [1.82, 2.24) is 0 Å². The molecule has 0 bridgehead atoms. The predicted octanol–water partition coefficient (Wildman–Crippen LogP) is 13.0. The topological polar surface area (TPSA) is 0 Å². The maximum atomic E-state index is 2.46. The minimum Gasteiger partial charge on any atom is -0.0622 e. The molecule has 0 N–H and O–H groups in total. The third-order valence-corrected chi connectivity index (χ3v) is 10.3. The Morgan fingerprint density at radius 3 is 1.57 bits per heavy atom. The Hall–Kier alpha value is -5.72. The second kappa shape index (κ2) is 10.7. The number of fused-ring (bicyclic) bond motifs is 5. The van der Waals surface area contributed by atoms with Gasteiger partial charge in [-0.3, -0.25) is 0 Å². The molecular weight excluding hydrogens is 565 g/mol. The van der Waals surface area contributed by atoms with Gasteiger partial charge in [0.15, 0.2) is 0 Å². The molecule has 9 rings (SSSR count). The quantitative estimate of drug-likeness (QED) is 0.177. The molecule has 0 nitrogen and oxygen atoms in total. The van der Waals surface area contributed by atoms with E-state index < -0.39 is 0 Å². The van der Waals surface area contributed by atoms with Crippen molar-refractivity contribution in [1.29, 1.82) is 0 Å². The molecule has 0 saturated carbocycles. The number of benzene rings is 8. The lowest BCUT2D eigenvalue weighted by molar-refractivity contribution is 0.660. The molecule has 0 atom stereocenters. The van der Waals surface area contributed by atoms with Crippen molar-refractivity contribution in [2.45, 2.75) is 19.3 Å². The first-order valence-corrected chi connectivity index (χ1v) is 16.5. The molecule has 0 amide bonds. The van der Waals surface area contributed by atoms with E-state index in [1.165, 1.54) is 88.3 Å². The lowest BCUT2D eigenvalue weighted by Gasteiger charge is -2.22. The monoisotopic (exact) mass is 598 g/mol. The highest BCUT2D eigenvalue weighted by Crippen LogP contribution is 2.52. The van der Waals surface area contributed by atoms with Crippen LogP contribution in [0.2, 0.25) is 0 Å². The zero-order valence-corrected chi connectivity index (χ0v) is 26.7. The summed E-state index contributed by atoms with van der Waals surface area (Å²) in [6.07, 6.45) is 0. The molecule has 0 heteroatoms. The van der Waals surface area contributed by atoms with Gasteiger partial charge in [-0.05, 0) is 100 Å². The molecule has 1 aliphatic carbocycles. The maximum Gasteiger partial charge on any atom is 0.0158 e. The summed E-state index contributed by atoms with van der Waals surface area (Å²) in [5.41, 5.74) is 15.5. The van der Waals surface area contributed by atoms with Crippen molar-refractivity contribution in [3.8, 4) is 55.6 Å². The van der Waals surface area contributed by atoms with Crippen LogP contribution in [0, 0.1) is 0 Å². The van der Waals surface area contributed by atoms with Gasteiger partial charge >= 0.3 is 0 Å². The molecule has 1 aliphatic rings. The van der Waals surface area contributed by atoms with Gasteiger partial charge in [0.05, 0.1) is 0 Å². The van der Waals surface area contributed by atoms with E-state index in [1.807, 2.05) is 0 Å². The molecule has 222 valence electrons. The molecule has 47 heavy (non-hydrogen) atoms. The molecule has 0 radical (unpaired) electrons. The first-order chi connectivity index (χ1) is 23.1. The Morgan fingerprint density at radius 1 is 0.298 bits per heavy atom. The molecule has 0 saturated heterocycles. The highest BCUT2D eigenvalue weighted by atomic mass is 14.4. The van der Waals surface area contributed by atoms with Gasteiger partial charge in [0, 0.05) is 5.41 Å². The van der Waals surface area contributed by atoms with E-state index in [-0.39, 0.29) is 5.41 Å². The van der Waals surface area contributed by atoms with Crippen LogP contribution in [-0.2, 0) is 5.41 Å². The average molecular weight is 599 g/mol. The van der Waals surface area contributed by atoms with Crippen LogP contribution in [0.15, 0.2) is 170 Å². The van der Waals surface area contributed by atoms with Gasteiger partial charge < -0.3 is 0 Å². The van der Waals surface area contributed by atoms with Crippen molar-refractivity contribution in [2.24, 2.45) is 0 Å². The predicted molar refractivity (Wildman–Crippen MR) is 201 cm³/mol. The largest absolute Gasteiger partial charge is 0.0622 e. The van der Waals surface area contributed by atoms with Gasteiger partial charge in [0.2, 0.25) is 0 Å². The van der Waals surface area contributed by atoms with E-state index in [1.54, 1.807) is 0 Å². The molecular formula is C47H34. The number of hydrogen-bond donors (Lipinski definition) is 0. The van der Waals surface area contributed by atoms with Crippen LogP contribution in [0.4, 0.5) is 0 Å². The van der Waals surface area contributed by atoms with Gasteiger partial charge in [0.1, 0.15) is 0 Å². The lowest BCUT2D eigenvalue weighted by atomic mass is 9.81. The average Bonchev–Trinajstić information content (AvgIpc) is 3.36. The second-order valence-corrected chi connectivity index (χ2v) is 13.3. The third kappa shape index (κ3) is 4.29. The summed E-state index contributed by atoms with van der Waals surface area (Å²) in [6, 6.07) is 62.7. The zero-order chi connectivity index (χ0) is 31.5. The summed E-state index contributed by atoms with van der Waals surface area (Å²) in [4.78, 5) is 0. The van der Waals surface area contributed by atoms with E-state index in [0.717, 1.165) is 0 Å². The van der Waals surface area contributed by atoms with E-state index in [9.17, 15) is 0 Å². The summed E-state index contributed by atoms with van der Waals surface area (Å²) in [7, 11) is 0. The Kier molecular flexibility index (Phi) is 6.27. The highest BCUT2D eigenvalue weighted by Gasteiger charge is 2.35. The van der Waals surface area contributed by atoms with Crippen LogP contribution in [0.1, 0.15) is 25.0 Å². The Balaban J connectivity index is 1.40. The van der Waals surface area contributed by atoms with E-state index in [2.05, 4.69) is 184 Å². The van der Waals surface area contributed by atoms with Crippen molar-refractivity contribution in [3.05, 3.63) is 181 Å². The molecule has 0 aromatic heterocycles. The summed E-state index contributed by atoms with van der Waals surface area (Å²) >= 11 is 0. The van der Waals surface area contributed by atoms with Crippen LogP contribution in [-0.4, -0.2) is 0 Å². The highest BCUT2D eigenvalue weighted by molar-refractivity contribution is 6.23. The van der Waals surface area contributed by atoms with Crippen LogP contribution in [0.3, 0.4) is 0 Å². The smallest absolute Gasteiger partial charge is 0.0158 e. The molecule has 0 spiro atoms. The first kappa shape index (κ1) is 27.6. The summed E-state index contributed by atoms with van der Waals surface area (Å²) in [5.74, 6) is 0. The first-order valence-electron chi connectivity index (χ1n) is 16.5. The van der Waals surface area contributed by atoms with Crippen LogP contribution in [0.25, 0.3) is 77.2 Å². The van der Waals surface area contributed by atoms with Crippen molar-refractivity contribution < 1.29 is 0 Å². The van der Waals surface area contributed by atoms with E-state index in [0.29, 0.717) is 0 Å². The fourth-order valence-electron chi connectivity index (χ4n) is 8.04. The minimum atomic E-state index is -0.0277. The van der Waals surface area contributed by atoms with Crippen molar-refractivity contribution >= 4 is 21.5 Å². The number of hydrogen-bond acceptors (Lipinski definition) is 0. The fraction of sp³-hybridized carbons (Fsp3) is 0.0638. The maximum absolute atomic E-state index is 2.46. The summed E-state index contributed by atoms with van der Waals surface area (Å²) in [5, 5.41) is 5.08. The van der Waals surface area contributed by atoms with Gasteiger partial charge in [-0.15, -0.1) is 0 Å². The van der Waals surface area contributed by atoms with Crippen molar-refractivity contribution in [3.63, 3.8) is 0 Å². The van der Waals surface area contributed by atoms with E-state index in [4.69, 9.17) is 0 Å². The molecule has 0 unspecified atom stereocenters. The van der Waals surface area contributed by atoms with Gasteiger partial charge in [-0.1, -0.05) is 172 Å². The lowest BCUT2D eigenvalue weighted by Crippen LogP contribution is -2.14. The van der Waals surface area contributed by atoms with E-state index >= 15 is 0 Å². The normalized spacial score (nSPS) is 13.1. The second-order valence-electron chi connectivity index (χ2n) is 13.3. The summed E-state index contributed by atoms with van der Waals surface area (Å²) in [6.45, 7) is 4.71. The SMILES string of the molecule is CC1(C)c2ccccc2-c2cc(-c3c4ccccc4c(-c4ccccc4-c4ccccc4)c4ccc(-c5ccccc5)cc34)ccc21. The van der Waals surface area contributed by atoms with Crippen molar-refractivity contribution in [2.75, 3.05) is 0 Å². The Labute approximate surface area is 276 Å². The number of rotatable bonds is 4. The van der Waals surface area contributed by atoms with Crippen LogP contribution < -0.4 is 0 Å². The molecule has 0 aliphatic heterocycles. The Morgan fingerprint density at radius 2 is 0.830 bits per heavy atom. The molecule has 0 heterocycles.